The lowest BCUT2D eigenvalue weighted by Gasteiger charge is -2.20. The first-order valence-corrected chi connectivity index (χ1v) is 9.79. The van der Waals surface area contributed by atoms with Gasteiger partial charge in [0, 0.05) is 10.6 Å². The molecular formula is C20H23ClN3OS+. The number of nitrogens with zero attached hydrogens (tertiary/aromatic N) is 2. The number of nitrogens with one attached hydrogen (secondary N) is 1. The van der Waals surface area contributed by atoms with Crippen molar-refractivity contribution in [2.24, 2.45) is 0 Å². The number of hydrogen-bond donors (Lipinski definition) is 1. The largest absolute Gasteiger partial charge is 0.338 e. The van der Waals surface area contributed by atoms with Crippen LogP contribution in [0.4, 0.5) is 5.13 Å². The van der Waals surface area contributed by atoms with E-state index in [9.17, 15) is 4.79 Å². The summed E-state index contributed by atoms with van der Waals surface area (Å²) in [5, 5.41) is 1.37. The van der Waals surface area contributed by atoms with E-state index in [0.717, 1.165) is 21.9 Å². The van der Waals surface area contributed by atoms with Crippen LogP contribution in [0.15, 0.2) is 36.4 Å². The number of carbonyl (C=O) groups excluding carboxylic acids is 1. The number of rotatable bonds is 5. The van der Waals surface area contributed by atoms with Crippen LogP contribution in [0.3, 0.4) is 0 Å². The highest BCUT2D eigenvalue weighted by Crippen LogP contribution is 2.32. The van der Waals surface area contributed by atoms with E-state index in [4.69, 9.17) is 16.6 Å². The maximum Gasteiger partial charge on any atom is 0.260 e. The molecule has 0 atom stereocenters. The van der Waals surface area contributed by atoms with Gasteiger partial charge in [0.2, 0.25) is 0 Å². The number of benzene rings is 2. The van der Waals surface area contributed by atoms with Crippen LogP contribution >= 0.6 is 22.9 Å². The van der Waals surface area contributed by atoms with Crippen molar-refractivity contribution < 1.29 is 9.69 Å². The summed E-state index contributed by atoms with van der Waals surface area (Å²) in [7, 11) is 4.16. The van der Waals surface area contributed by atoms with Crippen LogP contribution in [-0.4, -0.2) is 38.1 Å². The zero-order valence-corrected chi connectivity index (χ0v) is 17.0. The van der Waals surface area contributed by atoms with Gasteiger partial charge in [-0.1, -0.05) is 29.0 Å². The highest BCUT2D eigenvalue weighted by molar-refractivity contribution is 7.22. The lowest BCUT2D eigenvalue weighted by molar-refractivity contribution is -0.856. The summed E-state index contributed by atoms with van der Waals surface area (Å²) in [6.07, 6.45) is 0. The number of quaternary nitrogens is 1. The van der Waals surface area contributed by atoms with Crippen molar-refractivity contribution in [3.05, 3.63) is 58.1 Å². The number of carbonyl (C=O) groups is 1. The van der Waals surface area contributed by atoms with Gasteiger partial charge in [-0.15, -0.1) is 0 Å². The molecule has 3 rings (SSSR count). The maximum absolute atomic E-state index is 13.1. The molecule has 0 aliphatic heterocycles. The normalized spacial score (nSPS) is 11.3. The molecule has 3 aromatic rings. The molecule has 136 valence electrons. The summed E-state index contributed by atoms with van der Waals surface area (Å²) < 4.78 is 1.11. The topological polar surface area (TPSA) is 37.6 Å². The van der Waals surface area contributed by atoms with E-state index in [1.165, 1.54) is 16.0 Å². The van der Waals surface area contributed by atoms with Crippen molar-refractivity contribution in [3.63, 3.8) is 0 Å². The minimum atomic E-state index is -0.0450. The Bertz CT molecular complexity index is 934. The van der Waals surface area contributed by atoms with Gasteiger partial charge in [-0.25, -0.2) is 4.98 Å². The Balaban J connectivity index is 2.01. The van der Waals surface area contributed by atoms with Crippen LogP contribution in [0.5, 0.6) is 0 Å². The summed E-state index contributed by atoms with van der Waals surface area (Å²) in [4.78, 5) is 21.0. The van der Waals surface area contributed by atoms with Crippen molar-refractivity contribution in [1.29, 1.82) is 0 Å². The molecule has 0 saturated heterocycles. The molecule has 1 amide bonds. The molecule has 4 nitrogen and oxygen atoms in total. The van der Waals surface area contributed by atoms with E-state index >= 15 is 0 Å². The molecule has 1 N–H and O–H groups in total. The molecule has 0 spiro atoms. The fourth-order valence-corrected chi connectivity index (χ4v) is 3.87. The van der Waals surface area contributed by atoms with Crippen LogP contribution in [0.2, 0.25) is 5.02 Å². The Hall–Kier alpha value is -1.95. The number of aromatic nitrogens is 1. The van der Waals surface area contributed by atoms with E-state index in [1.807, 2.05) is 0 Å². The number of aryl methyl sites for hydroxylation is 2. The maximum atomic E-state index is 13.1. The lowest BCUT2D eigenvalue weighted by atomic mass is 10.1. The van der Waals surface area contributed by atoms with Crippen molar-refractivity contribution >= 4 is 44.2 Å². The first-order chi connectivity index (χ1) is 12.4. The second kappa shape index (κ2) is 7.74. The smallest absolute Gasteiger partial charge is 0.260 e. The predicted molar refractivity (Wildman–Crippen MR) is 110 cm³/mol. The average Bonchev–Trinajstić information content (AvgIpc) is 3.03. The molecule has 0 unspecified atom stereocenters. The van der Waals surface area contributed by atoms with E-state index in [-0.39, 0.29) is 5.91 Å². The van der Waals surface area contributed by atoms with Crippen LogP contribution in [0.25, 0.3) is 10.2 Å². The number of amides is 1. The number of halogens is 1. The summed E-state index contributed by atoms with van der Waals surface area (Å²) in [6.45, 7) is 5.62. The van der Waals surface area contributed by atoms with Gasteiger partial charge in [0.25, 0.3) is 5.91 Å². The summed E-state index contributed by atoms with van der Waals surface area (Å²) in [5.41, 5.74) is 3.98. The molecule has 26 heavy (non-hydrogen) atoms. The number of thiazole rings is 1. The Labute approximate surface area is 163 Å². The van der Waals surface area contributed by atoms with Crippen LogP contribution in [0, 0.1) is 13.8 Å². The van der Waals surface area contributed by atoms with Crippen LogP contribution < -0.4 is 9.80 Å². The fraction of sp³-hybridized carbons (Fsp3) is 0.300. The summed E-state index contributed by atoms with van der Waals surface area (Å²) >= 11 is 7.53. The Morgan fingerprint density at radius 1 is 1.15 bits per heavy atom. The summed E-state index contributed by atoms with van der Waals surface area (Å²) in [6, 6.07) is 11.2. The quantitative estimate of drug-likeness (QED) is 0.727. The predicted octanol–water partition coefficient (Wildman–Crippen LogP) is 3.36. The van der Waals surface area contributed by atoms with Gasteiger partial charge >= 0.3 is 0 Å². The second-order valence-electron chi connectivity index (χ2n) is 6.77. The SMILES string of the molecule is Cc1ccc2sc(N(CC[NH+](C)C)C(=O)c3ccc(Cl)cc3)nc2c1C. The third-order valence-corrected chi connectivity index (χ3v) is 5.77. The Morgan fingerprint density at radius 2 is 1.85 bits per heavy atom. The van der Waals surface area contributed by atoms with Crippen LogP contribution in [0.1, 0.15) is 21.5 Å². The number of hydrogen-bond acceptors (Lipinski definition) is 3. The molecule has 1 heterocycles. The van der Waals surface area contributed by atoms with Gasteiger partial charge < -0.3 is 4.90 Å². The van der Waals surface area contributed by atoms with Crippen molar-refractivity contribution in [3.8, 4) is 0 Å². The molecule has 0 bridgehead atoms. The van der Waals surface area contributed by atoms with E-state index in [0.29, 0.717) is 17.1 Å². The lowest BCUT2D eigenvalue weighted by Crippen LogP contribution is -3.06. The number of anilines is 1. The standard InChI is InChI=1S/C20H22ClN3OS/c1-13-5-10-17-18(14(13)2)22-20(26-17)24(12-11-23(3)4)19(25)15-6-8-16(21)9-7-15/h5-10H,11-12H2,1-4H3/p+1. The molecule has 1 aromatic heterocycles. The van der Waals surface area contributed by atoms with Gasteiger partial charge in [0.1, 0.15) is 0 Å². The monoisotopic (exact) mass is 388 g/mol. The molecule has 0 aliphatic carbocycles. The van der Waals surface area contributed by atoms with E-state index in [2.05, 4.69) is 40.1 Å². The first kappa shape index (κ1) is 18.8. The fourth-order valence-electron chi connectivity index (χ4n) is 2.70. The Morgan fingerprint density at radius 3 is 2.50 bits per heavy atom. The average molecular weight is 389 g/mol. The van der Waals surface area contributed by atoms with E-state index in [1.54, 1.807) is 40.5 Å². The van der Waals surface area contributed by atoms with E-state index < -0.39 is 0 Å². The minimum Gasteiger partial charge on any atom is -0.338 e. The van der Waals surface area contributed by atoms with Crippen molar-refractivity contribution in [2.45, 2.75) is 13.8 Å². The molecule has 0 saturated carbocycles. The van der Waals surface area contributed by atoms with Gasteiger partial charge in [-0.05, 0) is 55.3 Å². The molecule has 0 aliphatic rings. The van der Waals surface area contributed by atoms with Gasteiger partial charge in [-0.2, -0.15) is 0 Å². The first-order valence-electron chi connectivity index (χ1n) is 8.60. The van der Waals surface area contributed by atoms with Crippen molar-refractivity contribution in [1.82, 2.24) is 4.98 Å². The summed E-state index contributed by atoms with van der Waals surface area (Å²) in [5.74, 6) is -0.0450. The molecule has 0 fully saturated rings. The molecular weight excluding hydrogens is 366 g/mol. The number of fused-ring (bicyclic) bond motifs is 1. The highest BCUT2D eigenvalue weighted by atomic mass is 35.5. The van der Waals surface area contributed by atoms with Gasteiger partial charge in [0.05, 0.1) is 37.4 Å². The van der Waals surface area contributed by atoms with Gasteiger partial charge in [-0.3, -0.25) is 9.69 Å². The molecule has 0 radical (unpaired) electrons. The molecule has 6 heteroatoms. The third-order valence-electron chi connectivity index (χ3n) is 4.48. The van der Waals surface area contributed by atoms with Crippen molar-refractivity contribution in [2.75, 3.05) is 32.1 Å². The van der Waals surface area contributed by atoms with Crippen LogP contribution in [-0.2, 0) is 0 Å². The number of likely N-dealkylation sites (N-methyl/N-ethyl adjacent to an activating group) is 1. The third kappa shape index (κ3) is 3.90. The van der Waals surface area contributed by atoms with Gasteiger partial charge in [0.15, 0.2) is 5.13 Å². The Kier molecular flexibility index (Phi) is 5.61. The zero-order chi connectivity index (χ0) is 18.8. The zero-order valence-electron chi connectivity index (χ0n) is 15.5. The highest BCUT2D eigenvalue weighted by Gasteiger charge is 2.22. The molecule has 2 aromatic carbocycles. The second-order valence-corrected chi connectivity index (χ2v) is 8.22. The minimum absolute atomic E-state index is 0.0450.